The molecule has 4 radical (unpaired) electrons. The normalized spacial score (nSPS) is 10.6. The van der Waals surface area contributed by atoms with Gasteiger partial charge in [0.15, 0.2) is 0 Å². The van der Waals surface area contributed by atoms with E-state index in [1.54, 1.807) is 0 Å². The van der Waals surface area contributed by atoms with Crippen molar-refractivity contribution in [2.45, 2.75) is 19.8 Å². The quantitative estimate of drug-likeness (QED) is 0.473. The Morgan fingerprint density at radius 1 is 1.42 bits per heavy atom. The number of hydrogen-bond acceptors (Lipinski definition) is 2. The summed E-state index contributed by atoms with van der Waals surface area (Å²) in [6.07, 6.45) is 0. The Hall–Kier alpha value is -0.570. The summed E-state index contributed by atoms with van der Waals surface area (Å²) in [5.41, 5.74) is 1.79. The molecule has 0 aliphatic rings. The van der Waals surface area contributed by atoms with Gasteiger partial charge in [-0.05, 0) is 11.5 Å². The number of aromatic amines is 1. The van der Waals surface area contributed by atoms with Crippen molar-refractivity contribution in [2.75, 3.05) is 0 Å². The summed E-state index contributed by atoms with van der Waals surface area (Å²) < 4.78 is 0.452. The van der Waals surface area contributed by atoms with E-state index in [9.17, 15) is 0 Å². The molecule has 1 N–H and O–H groups in total. The molecule has 0 unspecified atom stereocenters. The van der Waals surface area contributed by atoms with Gasteiger partial charge in [0.2, 0.25) is 0 Å². The van der Waals surface area contributed by atoms with Crippen molar-refractivity contribution in [1.29, 1.82) is 0 Å². The summed E-state index contributed by atoms with van der Waals surface area (Å²) in [5.74, 6) is 0.244. The summed E-state index contributed by atoms with van der Waals surface area (Å²) >= 11 is 4.92. The minimum atomic E-state index is 0.244. The van der Waals surface area contributed by atoms with E-state index in [1.807, 2.05) is 13.8 Å². The van der Waals surface area contributed by atoms with Crippen LogP contribution >= 0.6 is 12.2 Å². The second-order valence-corrected chi connectivity index (χ2v) is 3.33. The molecule has 1 aromatic heterocycles. The van der Waals surface area contributed by atoms with Gasteiger partial charge in [-0.1, -0.05) is 31.5 Å². The fourth-order valence-corrected chi connectivity index (χ4v) is 1.25. The predicted octanol–water partition coefficient (Wildman–Crippen LogP) is -0.150. The molecule has 0 aromatic carbocycles. The van der Waals surface area contributed by atoms with E-state index in [0.717, 1.165) is 5.56 Å². The molecular weight excluding hydrogens is 166 g/mol. The molecule has 58 valence electrons. The van der Waals surface area contributed by atoms with E-state index in [2.05, 4.69) is 10.2 Å². The second kappa shape index (κ2) is 3.44. The minimum Gasteiger partial charge on any atom is -0.269 e. The highest BCUT2D eigenvalue weighted by Gasteiger charge is 2.07. The van der Waals surface area contributed by atoms with E-state index in [1.165, 1.54) is 0 Å². The summed E-state index contributed by atoms with van der Waals surface area (Å²) in [5, 5.41) is 6.41. The summed E-state index contributed by atoms with van der Waals surface area (Å²) in [6.45, 7) is 4.00. The first-order valence-corrected chi connectivity index (χ1v) is 4.08. The third kappa shape index (κ3) is 1.61. The number of aromatic nitrogens is 2. The molecule has 0 spiro atoms. The van der Waals surface area contributed by atoms with Crippen LogP contribution in [0.2, 0.25) is 0 Å². The van der Waals surface area contributed by atoms with Gasteiger partial charge in [-0.3, -0.25) is 5.10 Å². The molecule has 1 heterocycles. The topological polar surface area (TPSA) is 28.7 Å². The average molecular weight is 174 g/mol. The molecular formula is C7H8B2N2S. The highest BCUT2D eigenvalue weighted by Crippen LogP contribution is 2.06. The maximum Gasteiger partial charge on any atom is 0.144 e. The second-order valence-electron chi connectivity index (χ2n) is 2.92. The van der Waals surface area contributed by atoms with E-state index in [0.29, 0.717) is 15.7 Å². The molecule has 1 aromatic rings. The van der Waals surface area contributed by atoms with Crippen LogP contribution in [0.1, 0.15) is 25.3 Å². The van der Waals surface area contributed by atoms with Gasteiger partial charge < -0.3 is 0 Å². The van der Waals surface area contributed by atoms with Gasteiger partial charge in [0.05, 0.1) is 0 Å². The first-order chi connectivity index (χ1) is 5.54. The maximum absolute atomic E-state index is 5.73. The van der Waals surface area contributed by atoms with E-state index >= 15 is 0 Å². The molecule has 0 saturated heterocycles. The lowest BCUT2D eigenvalue weighted by Crippen LogP contribution is -2.29. The van der Waals surface area contributed by atoms with Crippen molar-refractivity contribution >= 4 is 39.0 Å². The fourth-order valence-electron chi connectivity index (χ4n) is 1.10. The highest BCUT2D eigenvalue weighted by molar-refractivity contribution is 7.71. The molecule has 12 heavy (non-hydrogen) atoms. The molecule has 0 saturated carbocycles. The van der Waals surface area contributed by atoms with Crippen molar-refractivity contribution in [3.05, 3.63) is 10.2 Å². The zero-order chi connectivity index (χ0) is 9.30. The van der Waals surface area contributed by atoms with Crippen LogP contribution in [0, 0.1) is 4.64 Å². The number of hydrogen-bond donors (Lipinski definition) is 1. The molecule has 0 fully saturated rings. The molecule has 0 atom stereocenters. The molecule has 0 aliphatic carbocycles. The Kier molecular flexibility index (Phi) is 2.72. The van der Waals surface area contributed by atoms with Crippen LogP contribution < -0.4 is 11.1 Å². The van der Waals surface area contributed by atoms with Crippen LogP contribution in [0.25, 0.3) is 0 Å². The average Bonchev–Trinajstić information content (AvgIpc) is 1.97. The van der Waals surface area contributed by atoms with Gasteiger partial charge in [-0.15, -0.1) is 0 Å². The van der Waals surface area contributed by atoms with Crippen LogP contribution in [0.3, 0.4) is 0 Å². The number of rotatable bonds is 1. The third-order valence-corrected chi connectivity index (χ3v) is 1.98. The Morgan fingerprint density at radius 3 is 2.42 bits per heavy atom. The Balaban J connectivity index is 3.43. The Bertz CT molecular complexity index is 346. The van der Waals surface area contributed by atoms with Crippen LogP contribution in [0.5, 0.6) is 0 Å². The van der Waals surface area contributed by atoms with E-state index in [-0.39, 0.29) is 5.92 Å². The molecule has 0 bridgehead atoms. The van der Waals surface area contributed by atoms with Crippen LogP contribution in [-0.2, 0) is 0 Å². The molecule has 1 rings (SSSR count). The molecule has 5 heteroatoms. The highest BCUT2D eigenvalue weighted by atomic mass is 32.1. The van der Waals surface area contributed by atoms with Gasteiger partial charge in [-0.25, -0.2) is 0 Å². The lowest BCUT2D eigenvalue weighted by Gasteiger charge is -2.12. The van der Waals surface area contributed by atoms with Gasteiger partial charge in [-0.2, -0.15) is 5.10 Å². The SMILES string of the molecule is [B]c1n[nH]c(=S)c([B])c1C(C)C. The predicted molar refractivity (Wildman–Crippen MR) is 54.3 cm³/mol. The first-order valence-electron chi connectivity index (χ1n) is 3.67. The van der Waals surface area contributed by atoms with Crippen LogP contribution in [0.4, 0.5) is 0 Å². The Labute approximate surface area is 79.6 Å². The van der Waals surface area contributed by atoms with Gasteiger partial charge in [0.1, 0.15) is 20.3 Å². The van der Waals surface area contributed by atoms with Crippen LogP contribution in [-0.4, -0.2) is 25.9 Å². The lowest BCUT2D eigenvalue weighted by molar-refractivity contribution is 0.861. The van der Waals surface area contributed by atoms with Crippen molar-refractivity contribution < 1.29 is 0 Å². The fraction of sp³-hybridized carbons (Fsp3) is 0.429. The van der Waals surface area contributed by atoms with Crippen molar-refractivity contribution in [3.63, 3.8) is 0 Å². The monoisotopic (exact) mass is 174 g/mol. The smallest absolute Gasteiger partial charge is 0.144 e. The van der Waals surface area contributed by atoms with Gasteiger partial charge >= 0.3 is 0 Å². The lowest BCUT2D eigenvalue weighted by atomic mass is 9.81. The first kappa shape index (κ1) is 9.52. The summed E-state index contributed by atoms with van der Waals surface area (Å²) in [7, 11) is 11.4. The van der Waals surface area contributed by atoms with E-state index < -0.39 is 0 Å². The van der Waals surface area contributed by atoms with Crippen LogP contribution in [0.15, 0.2) is 0 Å². The number of nitrogens with one attached hydrogen (secondary N) is 1. The van der Waals surface area contributed by atoms with Crippen molar-refractivity contribution in [3.8, 4) is 0 Å². The molecule has 2 nitrogen and oxygen atoms in total. The maximum atomic E-state index is 5.73. The van der Waals surface area contributed by atoms with Crippen molar-refractivity contribution in [2.24, 2.45) is 0 Å². The number of H-pyrrole nitrogens is 1. The Morgan fingerprint density at radius 2 is 2.00 bits per heavy atom. The van der Waals surface area contributed by atoms with E-state index in [4.69, 9.17) is 27.9 Å². The zero-order valence-electron chi connectivity index (χ0n) is 7.09. The minimum absolute atomic E-state index is 0.244. The number of nitrogens with zero attached hydrogens (tertiary/aromatic N) is 1. The molecule has 0 aliphatic heterocycles. The van der Waals surface area contributed by atoms with Gasteiger partial charge in [0, 0.05) is 5.59 Å². The third-order valence-electron chi connectivity index (χ3n) is 1.67. The molecule has 0 amide bonds. The largest absolute Gasteiger partial charge is 0.269 e. The summed E-state index contributed by atoms with van der Waals surface area (Å²) in [6, 6.07) is 0. The van der Waals surface area contributed by atoms with Gasteiger partial charge in [0.25, 0.3) is 0 Å². The zero-order valence-corrected chi connectivity index (χ0v) is 7.90. The summed E-state index contributed by atoms with van der Waals surface area (Å²) in [4.78, 5) is 0. The standard InChI is InChI=1S/C7H8B2N2S/c1-3(2)4-5(8)7(12)11-10-6(4)9/h3H,1-2H3,(H,11,12). The van der Waals surface area contributed by atoms with Crippen molar-refractivity contribution in [1.82, 2.24) is 10.2 Å².